The molecule has 4 rings (SSSR count). The zero-order valence-electron chi connectivity index (χ0n) is 11.5. The fourth-order valence-electron chi connectivity index (χ4n) is 3.34. The maximum Gasteiger partial charge on any atom is 0.247 e. The number of anilines is 1. The van der Waals surface area contributed by atoms with E-state index in [-0.39, 0.29) is 11.8 Å². The first-order valence-electron chi connectivity index (χ1n) is 7.23. The molecule has 0 aliphatic carbocycles. The second kappa shape index (κ2) is 4.96. The average Bonchev–Trinajstić information content (AvgIpc) is 3.25. The summed E-state index contributed by atoms with van der Waals surface area (Å²) in [6.07, 6.45) is 4.57. The number of carbonyl (C=O) groups excluding carboxylic acids is 1. The highest BCUT2D eigenvalue weighted by Gasteiger charge is 2.42. The molecule has 2 fully saturated rings. The molecule has 6 heteroatoms. The molecule has 1 aromatic heterocycles. The summed E-state index contributed by atoms with van der Waals surface area (Å²) < 4.78 is 5.14. The second-order valence-corrected chi connectivity index (χ2v) is 5.70. The lowest BCUT2D eigenvalue weighted by Crippen LogP contribution is -2.32. The minimum Gasteiger partial charge on any atom is -0.423 e. The van der Waals surface area contributed by atoms with E-state index in [2.05, 4.69) is 20.8 Å². The Balaban J connectivity index is 1.44. The molecule has 21 heavy (non-hydrogen) atoms. The van der Waals surface area contributed by atoms with Gasteiger partial charge in [0.05, 0.1) is 5.92 Å². The lowest BCUT2D eigenvalue weighted by molar-refractivity contribution is -0.120. The molecule has 0 saturated carbocycles. The molecule has 3 atom stereocenters. The van der Waals surface area contributed by atoms with Crippen LogP contribution >= 0.6 is 0 Å². The van der Waals surface area contributed by atoms with Crippen LogP contribution in [0.4, 0.5) is 5.69 Å². The van der Waals surface area contributed by atoms with E-state index in [1.54, 1.807) is 0 Å². The Morgan fingerprint density at radius 1 is 1.29 bits per heavy atom. The summed E-state index contributed by atoms with van der Waals surface area (Å²) in [6, 6.07) is 8.33. The number of benzene rings is 1. The number of nitrogens with zero attached hydrogens (tertiary/aromatic N) is 2. The van der Waals surface area contributed by atoms with Gasteiger partial charge in [-0.25, -0.2) is 0 Å². The molecule has 108 valence electrons. The molecule has 2 aliphatic rings. The van der Waals surface area contributed by atoms with Gasteiger partial charge in [0.1, 0.15) is 0 Å². The van der Waals surface area contributed by atoms with Crippen molar-refractivity contribution in [3.05, 3.63) is 30.7 Å². The minimum absolute atomic E-state index is 0.0966. The van der Waals surface area contributed by atoms with E-state index in [9.17, 15) is 4.79 Å². The molecule has 2 saturated heterocycles. The lowest BCUT2D eigenvalue weighted by Gasteiger charge is -2.19. The number of hydrogen-bond donors (Lipinski definition) is 2. The molecule has 1 aromatic carbocycles. The molecule has 0 spiro atoms. The Bertz CT molecular complexity index is 638. The van der Waals surface area contributed by atoms with Crippen LogP contribution in [-0.2, 0) is 4.79 Å². The normalized spacial score (nSPS) is 27.0. The highest BCUT2D eigenvalue weighted by molar-refractivity contribution is 5.93. The third kappa shape index (κ3) is 2.31. The molecule has 2 aliphatic heterocycles. The Labute approximate surface area is 121 Å². The lowest BCUT2D eigenvalue weighted by atomic mass is 9.88. The van der Waals surface area contributed by atoms with Gasteiger partial charge >= 0.3 is 0 Å². The molecule has 0 radical (unpaired) electrons. The molecule has 3 unspecified atom stereocenters. The molecular weight excluding hydrogens is 268 g/mol. The van der Waals surface area contributed by atoms with E-state index >= 15 is 0 Å². The van der Waals surface area contributed by atoms with Gasteiger partial charge in [0.2, 0.25) is 18.2 Å². The Kier molecular flexibility index (Phi) is 2.96. The van der Waals surface area contributed by atoms with Crippen molar-refractivity contribution < 1.29 is 9.21 Å². The fourth-order valence-corrected chi connectivity index (χ4v) is 3.34. The topological polar surface area (TPSA) is 80.1 Å². The molecule has 3 heterocycles. The maximum absolute atomic E-state index is 12.3. The Morgan fingerprint density at radius 3 is 2.76 bits per heavy atom. The second-order valence-electron chi connectivity index (χ2n) is 5.70. The molecule has 6 nitrogen and oxygen atoms in total. The van der Waals surface area contributed by atoms with Crippen molar-refractivity contribution in [3.8, 4) is 11.5 Å². The van der Waals surface area contributed by atoms with E-state index in [1.165, 1.54) is 12.8 Å². The van der Waals surface area contributed by atoms with Gasteiger partial charge in [-0.2, -0.15) is 0 Å². The van der Waals surface area contributed by atoms with Crippen LogP contribution < -0.4 is 10.6 Å². The van der Waals surface area contributed by atoms with Crippen LogP contribution in [0.3, 0.4) is 0 Å². The highest BCUT2D eigenvalue weighted by Crippen LogP contribution is 2.34. The van der Waals surface area contributed by atoms with Crippen molar-refractivity contribution in [2.45, 2.75) is 31.3 Å². The quantitative estimate of drug-likeness (QED) is 0.898. The summed E-state index contributed by atoms with van der Waals surface area (Å²) in [5, 5.41) is 14.0. The summed E-state index contributed by atoms with van der Waals surface area (Å²) in [4.78, 5) is 12.3. The number of fused-ring (bicyclic) bond motifs is 2. The molecule has 1 amide bonds. The summed E-state index contributed by atoms with van der Waals surface area (Å²) >= 11 is 0. The zero-order valence-corrected chi connectivity index (χ0v) is 11.5. The molecular formula is C15H16N4O2. The standard InChI is InChI=1S/C15H16N4O2/c20-14(12-7-11-5-6-13(12)17-11)18-10-3-1-9(2-4-10)15-19-16-8-21-15/h1-4,8,11-13,17H,5-7H2,(H,18,20). The summed E-state index contributed by atoms with van der Waals surface area (Å²) in [7, 11) is 0. The van der Waals surface area contributed by atoms with Crippen LogP contribution in [-0.4, -0.2) is 28.2 Å². The van der Waals surface area contributed by atoms with Crippen molar-refractivity contribution in [1.82, 2.24) is 15.5 Å². The monoisotopic (exact) mass is 284 g/mol. The molecule has 2 N–H and O–H groups in total. The third-order valence-corrected chi connectivity index (χ3v) is 4.40. The number of aromatic nitrogens is 2. The van der Waals surface area contributed by atoms with Crippen LogP contribution in [0.15, 0.2) is 35.1 Å². The number of rotatable bonds is 3. The summed E-state index contributed by atoms with van der Waals surface area (Å²) in [5.41, 5.74) is 1.64. The van der Waals surface area contributed by atoms with Crippen molar-refractivity contribution in [2.24, 2.45) is 5.92 Å². The number of nitrogens with one attached hydrogen (secondary N) is 2. The van der Waals surface area contributed by atoms with E-state index in [1.807, 2.05) is 24.3 Å². The van der Waals surface area contributed by atoms with Gasteiger partial charge < -0.3 is 15.1 Å². The third-order valence-electron chi connectivity index (χ3n) is 4.40. The first-order chi connectivity index (χ1) is 10.3. The maximum atomic E-state index is 12.3. The van der Waals surface area contributed by atoms with Gasteiger partial charge in [-0.3, -0.25) is 4.79 Å². The van der Waals surface area contributed by atoms with Crippen LogP contribution in [0.2, 0.25) is 0 Å². The average molecular weight is 284 g/mol. The number of hydrogen-bond acceptors (Lipinski definition) is 5. The smallest absolute Gasteiger partial charge is 0.247 e. The van der Waals surface area contributed by atoms with E-state index < -0.39 is 0 Å². The van der Waals surface area contributed by atoms with Crippen molar-refractivity contribution in [2.75, 3.05) is 5.32 Å². The minimum atomic E-state index is 0.0966. The number of amides is 1. The van der Waals surface area contributed by atoms with Gasteiger partial charge in [0, 0.05) is 23.3 Å². The van der Waals surface area contributed by atoms with Gasteiger partial charge in [0.25, 0.3) is 0 Å². The van der Waals surface area contributed by atoms with Gasteiger partial charge in [-0.1, -0.05) is 0 Å². The first-order valence-corrected chi connectivity index (χ1v) is 7.23. The summed E-state index contributed by atoms with van der Waals surface area (Å²) in [5.74, 6) is 0.685. The summed E-state index contributed by atoms with van der Waals surface area (Å²) in [6.45, 7) is 0. The first kappa shape index (κ1) is 12.5. The van der Waals surface area contributed by atoms with E-state index in [0.717, 1.165) is 24.1 Å². The van der Waals surface area contributed by atoms with Crippen molar-refractivity contribution in [3.63, 3.8) is 0 Å². The largest absolute Gasteiger partial charge is 0.423 e. The van der Waals surface area contributed by atoms with Crippen LogP contribution in [0, 0.1) is 5.92 Å². The molecule has 2 aromatic rings. The van der Waals surface area contributed by atoms with Crippen molar-refractivity contribution in [1.29, 1.82) is 0 Å². The van der Waals surface area contributed by atoms with Crippen LogP contribution in [0.1, 0.15) is 19.3 Å². The van der Waals surface area contributed by atoms with Gasteiger partial charge in [-0.05, 0) is 43.5 Å². The van der Waals surface area contributed by atoms with Crippen molar-refractivity contribution >= 4 is 11.6 Å². The van der Waals surface area contributed by atoms with Crippen LogP contribution in [0.25, 0.3) is 11.5 Å². The molecule has 2 bridgehead atoms. The van der Waals surface area contributed by atoms with E-state index in [0.29, 0.717) is 18.0 Å². The zero-order chi connectivity index (χ0) is 14.2. The predicted molar refractivity (Wildman–Crippen MR) is 76.4 cm³/mol. The SMILES string of the molecule is O=C(Nc1ccc(-c2nnco2)cc1)C1CC2CCC1N2. The predicted octanol–water partition coefficient (Wildman–Crippen LogP) is 1.82. The fraction of sp³-hybridized carbons (Fsp3) is 0.400. The van der Waals surface area contributed by atoms with Crippen LogP contribution in [0.5, 0.6) is 0 Å². The number of carbonyl (C=O) groups is 1. The Morgan fingerprint density at radius 2 is 2.14 bits per heavy atom. The van der Waals surface area contributed by atoms with Gasteiger partial charge in [0.15, 0.2) is 0 Å². The highest BCUT2D eigenvalue weighted by atomic mass is 16.4. The van der Waals surface area contributed by atoms with Gasteiger partial charge in [-0.15, -0.1) is 10.2 Å². The van der Waals surface area contributed by atoms with E-state index in [4.69, 9.17) is 4.42 Å². The Hall–Kier alpha value is -2.21.